The molecule has 0 aromatic heterocycles. The summed E-state index contributed by atoms with van der Waals surface area (Å²) in [5, 5.41) is 2.93. The molecule has 0 fully saturated rings. The van der Waals surface area contributed by atoms with Gasteiger partial charge in [-0.25, -0.2) is 8.42 Å². The number of anilines is 1. The fourth-order valence-corrected chi connectivity index (χ4v) is 5.70. The van der Waals surface area contributed by atoms with Gasteiger partial charge in [0.15, 0.2) is 11.5 Å². The SMILES string of the molecule is COc1ccc(N(CC(=O)N(Cc2ccc(C)cc2)C(C)C(=O)NC(C)(C)C)S(=O)(=O)c2ccc(C)cc2)cc1OC. The van der Waals surface area contributed by atoms with Crippen molar-refractivity contribution in [3.8, 4) is 11.5 Å². The van der Waals surface area contributed by atoms with Gasteiger partial charge in [-0.1, -0.05) is 47.5 Å². The standard InChI is InChI=1S/C32H41N3O6S/c1-22-9-13-25(14-10-22)20-34(24(3)31(37)33-32(4,5)6)30(36)21-35(26-15-18-28(40-7)29(19-26)41-8)42(38,39)27-16-11-23(2)12-17-27/h9-19,24H,20-21H2,1-8H3,(H,33,37). The molecule has 0 saturated carbocycles. The maximum Gasteiger partial charge on any atom is 0.264 e. The summed E-state index contributed by atoms with van der Waals surface area (Å²) < 4.78 is 39.9. The third-order valence-electron chi connectivity index (χ3n) is 6.68. The maximum atomic E-state index is 14.1. The second kappa shape index (κ2) is 13.3. The van der Waals surface area contributed by atoms with Crippen molar-refractivity contribution in [1.82, 2.24) is 10.2 Å². The zero-order valence-electron chi connectivity index (χ0n) is 25.6. The quantitative estimate of drug-likeness (QED) is 0.340. The van der Waals surface area contributed by atoms with Gasteiger partial charge in [0, 0.05) is 18.2 Å². The van der Waals surface area contributed by atoms with Crippen molar-refractivity contribution < 1.29 is 27.5 Å². The third kappa shape index (κ3) is 8.03. The van der Waals surface area contributed by atoms with Crippen LogP contribution in [0.4, 0.5) is 5.69 Å². The number of carbonyl (C=O) groups excluding carboxylic acids is 2. The van der Waals surface area contributed by atoms with Crippen LogP contribution >= 0.6 is 0 Å². The number of nitrogens with zero attached hydrogens (tertiary/aromatic N) is 2. The van der Waals surface area contributed by atoms with E-state index in [4.69, 9.17) is 9.47 Å². The normalized spacial score (nSPS) is 12.3. The Morgan fingerprint density at radius 3 is 1.93 bits per heavy atom. The highest BCUT2D eigenvalue weighted by atomic mass is 32.2. The van der Waals surface area contributed by atoms with Gasteiger partial charge >= 0.3 is 0 Å². The van der Waals surface area contributed by atoms with E-state index in [-0.39, 0.29) is 23.0 Å². The van der Waals surface area contributed by atoms with Crippen LogP contribution < -0.4 is 19.1 Å². The molecule has 0 spiro atoms. The zero-order valence-corrected chi connectivity index (χ0v) is 26.4. The molecule has 3 rings (SSSR count). The summed E-state index contributed by atoms with van der Waals surface area (Å²) in [7, 11) is -1.28. The number of amides is 2. The Bertz CT molecular complexity index is 1500. The van der Waals surface area contributed by atoms with Gasteiger partial charge in [0.2, 0.25) is 11.8 Å². The van der Waals surface area contributed by atoms with E-state index in [1.54, 1.807) is 31.2 Å². The summed E-state index contributed by atoms with van der Waals surface area (Å²) in [6, 6.07) is 17.8. The molecule has 2 amide bonds. The number of nitrogens with one attached hydrogen (secondary N) is 1. The average Bonchev–Trinajstić information content (AvgIpc) is 2.94. The van der Waals surface area contributed by atoms with Crippen LogP contribution in [0.3, 0.4) is 0 Å². The Kier molecular flexibility index (Phi) is 10.3. The largest absolute Gasteiger partial charge is 0.493 e. The third-order valence-corrected chi connectivity index (χ3v) is 8.47. The van der Waals surface area contributed by atoms with Crippen molar-refractivity contribution in [3.05, 3.63) is 83.4 Å². The highest BCUT2D eigenvalue weighted by molar-refractivity contribution is 7.92. The predicted octanol–water partition coefficient (Wildman–Crippen LogP) is 4.85. The Balaban J connectivity index is 2.09. The Hall–Kier alpha value is -4.05. The van der Waals surface area contributed by atoms with Crippen molar-refractivity contribution in [2.24, 2.45) is 0 Å². The molecule has 9 nitrogen and oxygen atoms in total. The minimum atomic E-state index is -4.21. The molecule has 0 bridgehead atoms. The van der Waals surface area contributed by atoms with Gasteiger partial charge in [0.05, 0.1) is 24.8 Å². The van der Waals surface area contributed by atoms with E-state index in [0.29, 0.717) is 11.5 Å². The molecule has 3 aromatic carbocycles. The maximum absolute atomic E-state index is 14.1. The second-order valence-corrected chi connectivity index (χ2v) is 13.1. The number of rotatable bonds is 11. The van der Waals surface area contributed by atoms with Crippen LogP contribution in [-0.2, 0) is 26.2 Å². The summed E-state index contributed by atoms with van der Waals surface area (Å²) in [6.07, 6.45) is 0. The lowest BCUT2D eigenvalue weighted by molar-refractivity contribution is -0.140. The Morgan fingerprint density at radius 1 is 0.857 bits per heavy atom. The molecule has 1 unspecified atom stereocenters. The first kappa shape index (κ1) is 32.5. The topological polar surface area (TPSA) is 105 Å². The van der Waals surface area contributed by atoms with Crippen LogP contribution in [0.15, 0.2) is 71.6 Å². The lowest BCUT2D eigenvalue weighted by atomic mass is 10.1. The molecule has 0 radical (unpaired) electrons. The lowest BCUT2D eigenvalue weighted by Gasteiger charge is -2.33. The fraction of sp³-hybridized carbons (Fsp3) is 0.375. The fourth-order valence-electron chi connectivity index (χ4n) is 4.29. The monoisotopic (exact) mass is 595 g/mol. The number of hydrogen-bond acceptors (Lipinski definition) is 6. The highest BCUT2D eigenvalue weighted by Gasteiger charge is 2.33. The van der Waals surface area contributed by atoms with Gasteiger partial charge in [-0.2, -0.15) is 0 Å². The van der Waals surface area contributed by atoms with Gasteiger partial charge in [-0.05, 0) is 71.4 Å². The van der Waals surface area contributed by atoms with Crippen LogP contribution in [0.5, 0.6) is 11.5 Å². The number of methoxy groups -OCH3 is 2. The molecule has 0 heterocycles. The molecule has 10 heteroatoms. The van der Waals surface area contributed by atoms with Gasteiger partial charge in [-0.3, -0.25) is 13.9 Å². The first-order valence-electron chi connectivity index (χ1n) is 13.6. The zero-order chi connectivity index (χ0) is 31.2. The predicted molar refractivity (Wildman–Crippen MR) is 164 cm³/mol. The number of ether oxygens (including phenoxy) is 2. The molecule has 0 aliphatic rings. The molecule has 1 atom stereocenters. The van der Waals surface area contributed by atoms with Crippen LogP contribution in [0.2, 0.25) is 0 Å². The van der Waals surface area contributed by atoms with Crippen molar-refractivity contribution >= 4 is 27.5 Å². The van der Waals surface area contributed by atoms with E-state index in [1.807, 2.05) is 58.9 Å². The molecule has 0 saturated heterocycles. The van der Waals surface area contributed by atoms with Gasteiger partial charge in [0.1, 0.15) is 12.6 Å². The smallest absolute Gasteiger partial charge is 0.264 e. The number of carbonyl (C=O) groups is 2. The number of sulfonamides is 1. The second-order valence-electron chi connectivity index (χ2n) is 11.3. The van der Waals surface area contributed by atoms with Crippen molar-refractivity contribution in [3.63, 3.8) is 0 Å². The summed E-state index contributed by atoms with van der Waals surface area (Å²) in [4.78, 5) is 28.8. The minimum Gasteiger partial charge on any atom is -0.493 e. The molecule has 42 heavy (non-hydrogen) atoms. The minimum absolute atomic E-state index is 0.0271. The van der Waals surface area contributed by atoms with Crippen LogP contribution in [0.1, 0.15) is 44.4 Å². The molecule has 1 N–H and O–H groups in total. The number of aryl methyl sites for hydroxylation is 2. The molecule has 3 aromatic rings. The van der Waals surface area contributed by atoms with E-state index in [0.717, 1.165) is 21.0 Å². The molecule has 0 aliphatic carbocycles. The summed E-state index contributed by atoms with van der Waals surface area (Å²) in [5.41, 5.74) is 2.45. The molecular weight excluding hydrogens is 554 g/mol. The summed E-state index contributed by atoms with van der Waals surface area (Å²) in [6.45, 7) is 10.6. The van der Waals surface area contributed by atoms with Gasteiger partial charge < -0.3 is 19.7 Å². The lowest BCUT2D eigenvalue weighted by Crippen LogP contribution is -2.54. The van der Waals surface area contributed by atoms with Gasteiger partial charge in [-0.15, -0.1) is 0 Å². The highest BCUT2D eigenvalue weighted by Crippen LogP contribution is 2.34. The van der Waals surface area contributed by atoms with Crippen molar-refractivity contribution in [2.75, 3.05) is 25.1 Å². The van der Waals surface area contributed by atoms with E-state index in [1.165, 1.54) is 37.3 Å². The number of hydrogen-bond donors (Lipinski definition) is 1. The Morgan fingerprint density at radius 2 is 1.40 bits per heavy atom. The molecule has 0 aliphatic heterocycles. The number of benzene rings is 3. The van der Waals surface area contributed by atoms with Gasteiger partial charge in [0.25, 0.3) is 10.0 Å². The summed E-state index contributed by atoms with van der Waals surface area (Å²) in [5.74, 6) is -0.172. The van der Waals surface area contributed by atoms with Crippen molar-refractivity contribution in [1.29, 1.82) is 0 Å². The first-order chi connectivity index (χ1) is 19.7. The van der Waals surface area contributed by atoms with Crippen LogP contribution in [0.25, 0.3) is 0 Å². The van der Waals surface area contributed by atoms with E-state index >= 15 is 0 Å². The first-order valence-corrected chi connectivity index (χ1v) is 15.1. The Labute approximate surface area is 249 Å². The molecular formula is C32H41N3O6S. The van der Waals surface area contributed by atoms with E-state index < -0.39 is 34.1 Å². The summed E-state index contributed by atoms with van der Waals surface area (Å²) >= 11 is 0. The molecule has 226 valence electrons. The van der Waals surface area contributed by atoms with Crippen LogP contribution in [-0.4, -0.2) is 57.5 Å². The van der Waals surface area contributed by atoms with E-state index in [9.17, 15) is 18.0 Å². The van der Waals surface area contributed by atoms with E-state index in [2.05, 4.69) is 5.32 Å². The van der Waals surface area contributed by atoms with Crippen LogP contribution in [0, 0.1) is 13.8 Å². The van der Waals surface area contributed by atoms with Crippen molar-refractivity contribution in [2.45, 2.75) is 64.6 Å². The average molecular weight is 596 g/mol.